The molecule has 0 saturated carbocycles. The Morgan fingerprint density at radius 3 is 2.73 bits per heavy atom. The van der Waals surface area contributed by atoms with Crippen LogP contribution in [0.1, 0.15) is 11.3 Å². The van der Waals surface area contributed by atoms with Crippen molar-refractivity contribution in [2.45, 2.75) is 6.42 Å². The maximum absolute atomic E-state index is 6.07. The van der Waals surface area contributed by atoms with Gasteiger partial charge in [0.2, 0.25) is 5.28 Å². The molecule has 2 aromatic rings. The van der Waals surface area contributed by atoms with Crippen LogP contribution >= 0.6 is 23.2 Å². The second-order valence-electron chi connectivity index (χ2n) is 3.44. The number of rotatable bonds is 0. The van der Waals surface area contributed by atoms with Crippen LogP contribution in [0.25, 0.3) is 11.1 Å². The van der Waals surface area contributed by atoms with Crippen LogP contribution in [0.3, 0.4) is 0 Å². The zero-order valence-electron chi connectivity index (χ0n) is 7.67. The van der Waals surface area contributed by atoms with Gasteiger partial charge in [0, 0.05) is 12.0 Å². The van der Waals surface area contributed by atoms with Gasteiger partial charge in [0.25, 0.3) is 0 Å². The number of halogens is 2. The van der Waals surface area contributed by atoms with Gasteiger partial charge in [-0.25, -0.2) is 9.97 Å². The van der Waals surface area contributed by atoms with Gasteiger partial charge >= 0.3 is 0 Å². The smallest absolute Gasteiger partial charge is 0.222 e. The number of benzene rings is 1. The molecule has 1 aliphatic carbocycles. The molecule has 0 unspecified atom stereocenters. The molecule has 1 aromatic carbocycles. The molecule has 4 heteroatoms. The third-order valence-electron chi connectivity index (χ3n) is 2.56. The summed E-state index contributed by atoms with van der Waals surface area (Å²) in [5.74, 6) is 0. The lowest BCUT2D eigenvalue weighted by Crippen LogP contribution is -1.91. The van der Waals surface area contributed by atoms with Crippen LogP contribution < -0.4 is 0 Å². The van der Waals surface area contributed by atoms with Crippen molar-refractivity contribution in [3.63, 3.8) is 0 Å². The lowest BCUT2D eigenvalue weighted by Gasteiger charge is -2.01. The van der Waals surface area contributed by atoms with Crippen LogP contribution in [0.2, 0.25) is 10.4 Å². The van der Waals surface area contributed by atoms with Crippen molar-refractivity contribution in [1.29, 1.82) is 0 Å². The predicted octanol–water partition coefficient (Wildman–Crippen LogP) is 3.35. The fourth-order valence-corrected chi connectivity index (χ4v) is 2.46. The van der Waals surface area contributed by atoms with Gasteiger partial charge < -0.3 is 0 Å². The van der Waals surface area contributed by atoms with E-state index >= 15 is 0 Å². The Bertz CT molecular complexity index is 552. The molecule has 0 aliphatic heterocycles. The zero-order valence-corrected chi connectivity index (χ0v) is 9.18. The van der Waals surface area contributed by atoms with Crippen LogP contribution in [0.15, 0.2) is 24.3 Å². The molecule has 0 spiro atoms. The quantitative estimate of drug-likeness (QED) is 0.442. The fraction of sp³-hybridized carbons (Fsp3) is 0.0909. The van der Waals surface area contributed by atoms with E-state index in [1.54, 1.807) is 0 Å². The Balaban J connectivity index is 2.33. The van der Waals surface area contributed by atoms with E-state index in [1.165, 1.54) is 5.56 Å². The highest BCUT2D eigenvalue weighted by molar-refractivity contribution is 6.34. The van der Waals surface area contributed by atoms with Crippen molar-refractivity contribution in [3.8, 4) is 11.1 Å². The summed E-state index contributed by atoms with van der Waals surface area (Å²) >= 11 is 11.8. The molecule has 0 saturated heterocycles. The minimum atomic E-state index is 0.214. The highest BCUT2D eigenvalue weighted by atomic mass is 35.5. The van der Waals surface area contributed by atoms with Gasteiger partial charge in [-0.2, -0.15) is 0 Å². The highest BCUT2D eigenvalue weighted by Gasteiger charge is 2.23. The van der Waals surface area contributed by atoms with Crippen LogP contribution in [0, 0.1) is 0 Å². The Hall–Kier alpha value is -1.12. The Morgan fingerprint density at radius 2 is 1.87 bits per heavy atom. The number of nitrogens with zero attached hydrogens (tertiary/aromatic N) is 2. The lowest BCUT2D eigenvalue weighted by molar-refractivity contribution is 1.07. The first-order valence-corrected chi connectivity index (χ1v) is 5.31. The molecule has 1 aliphatic rings. The first-order valence-electron chi connectivity index (χ1n) is 4.56. The van der Waals surface area contributed by atoms with E-state index in [1.807, 2.05) is 18.2 Å². The Labute approximate surface area is 96.9 Å². The molecule has 0 amide bonds. The second-order valence-corrected chi connectivity index (χ2v) is 4.14. The minimum absolute atomic E-state index is 0.214. The molecule has 0 N–H and O–H groups in total. The highest BCUT2D eigenvalue weighted by Crippen LogP contribution is 2.39. The summed E-state index contributed by atoms with van der Waals surface area (Å²) in [7, 11) is 0. The van der Waals surface area contributed by atoms with E-state index in [0.717, 1.165) is 23.2 Å². The van der Waals surface area contributed by atoms with E-state index < -0.39 is 0 Å². The summed E-state index contributed by atoms with van der Waals surface area (Å²) in [5, 5.41) is 0.654. The monoisotopic (exact) mass is 236 g/mol. The number of hydrogen-bond donors (Lipinski definition) is 0. The van der Waals surface area contributed by atoms with Crippen LogP contribution in [0.5, 0.6) is 0 Å². The average molecular weight is 237 g/mol. The molecule has 0 atom stereocenters. The first-order chi connectivity index (χ1) is 7.25. The molecule has 0 fully saturated rings. The summed E-state index contributed by atoms with van der Waals surface area (Å²) in [6.45, 7) is 0. The van der Waals surface area contributed by atoms with Gasteiger partial charge in [0.1, 0.15) is 5.15 Å². The number of hydrogen-bond acceptors (Lipinski definition) is 2. The second kappa shape index (κ2) is 3.19. The maximum atomic E-state index is 6.07. The van der Waals surface area contributed by atoms with Crippen LogP contribution in [0.4, 0.5) is 0 Å². The molecule has 2 nitrogen and oxygen atoms in total. The molecular formula is C11H6Cl2N2. The molecule has 0 radical (unpaired) electrons. The largest absolute Gasteiger partial charge is 0.224 e. The summed E-state index contributed by atoms with van der Waals surface area (Å²) in [6, 6.07) is 8.10. The van der Waals surface area contributed by atoms with Gasteiger partial charge in [0.05, 0.1) is 5.69 Å². The fourth-order valence-electron chi connectivity index (χ4n) is 1.94. The van der Waals surface area contributed by atoms with E-state index in [4.69, 9.17) is 23.2 Å². The maximum Gasteiger partial charge on any atom is 0.224 e. The molecule has 74 valence electrons. The van der Waals surface area contributed by atoms with E-state index in [9.17, 15) is 0 Å². The molecule has 3 rings (SSSR count). The van der Waals surface area contributed by atoms with Crippen molar-refractivity contribution >= 4 is 23.2 Å². The number of aromatic nitrogens is 2. The molecule has 15 heavy (non-hydrogen) atoms. The summed E-state index contributed by atoms with van der Waals surface area (Å²) in [6.07, 6.45) is 0.785. The zero-order chi connectivity index (χ0) is 10.4. The van der Waals surface area contributed by atoms with E-state index in [-0.39, 0.29) is 5.28 Å². The van der Waals surface area contributed by atoms with Gasteiger partial charge in [-0.15, -0.1) is 0 Å². The SMILES string of the molecule is Clc1nc(Cl)c2c(n1)Cc1ccccc1-2. The third-order valence-corrected chi connectivity index (χ3v) is 3.00. The predicted molar refractivity (Wildman–Crippen MR) is 60.3 cm³/mol. The Morgan fingerprint density at radius 1 is 1.07 bits per heavy atom. The normalized spacial score (nSPS) is 12.4. The van der Waals surface area contributed by atoms with Gasteiger partial charge in [-0.3, -0.25) is 0 Å². The topological polar surface area (TPSA) is 25.8 Å². The molecule has 1 aromatic heterocycles. The van der Waals surface area contributed by atoms with Gasteiger partial charge in [-0.1, -0.05) is 35.9 Å². The summed E-state index contributed by atoms with van der Waals surface area (Å²) < 4.78 is 0. The van der Waals surface area contributed by atoms with Gasteiger partial charge in [-0.05, 0) is 22.7 Å². The minimum Gasteiger partial charge on any atom is -0.222 e. The van der Waals surface area contributed by atoms with E-state index in [2.05, 4.69) is 16.0 Å². The van der Waals surface area contributed by atoms with Crippen molar-refractivity contribution in [3.05, 3.63) is 46.0 Å². The summed E-state index contributed by atoms with van der Waals surface area (Å²) in [4.78, 5) is 8.16. The third kappa shape index (κ3) is 1.33. The van der Waals surface area contributed by atoms with E-state index in [0.29, 0.717) is 5.15 Å². The molecule has 1 heterocycles. The standard InChI is InChI=1S/C11H6Cl2N2/c12-10-9-7-4-2-1-3-6(7)5-8(9)14-11(13)15-10/h1-4H,5H2. The van der Waals surface area contributed by atoms with Crippen LogP contribution in [-0.4, -0.2) is 9.97 Å². The molecule has 0 bridgehead atoms. The van der Waals surface area contributed by atoms with Crippen molar-refractivity contribution < 1.29 is 0 Å². The first kappa shape index (κ1) is 9.13. The van der Waals surface area contributed by atoms with Crippen molar-refractivity contribution in [2.24, 2.45) is 0 Å². The van der Waals surface area contributed by atoms with Crippen molar-refractivity contribution in [1.82, 2.24) is 9.97 Å². The Kier molecular flexibility index (Phi) is 1.94. The van der Waals surface area contributed by atoms with Crippen molar-refractivity contribution in [2.75, 3.05) is 0 Å². The number of fused-ring (bicyclic) bond motifs is 3. The lowest BCUT2D eigenvalue weighted by atomic mass is 10.1. The van der Waals surface area contributed by atoms with Crippen LogP contribution in [-0.2, 0) is 6.42 Å². The molecular weight excluding hydrogens is 231 g/mol. The summed E-state index contributed by atoms with van der Waals surface area (Å²) in [5.41, 5.74) is 4.19. The average Bonchev–Trinajstić information content (AvgIpc) is 2.54. The van der Waals surface area contributed by atoms with Gasteiger partial charge in [0.15, 0.2) is 0 Å².